The number of rotatable bonds is 11. The summed E-state index contributed by atoms with van der Waals surface area (Å²) in [6.45, 7) is 4.73. The summed E-state index contributed by atoms with van der Waals surface area (Å²) in [7, 11) is 1.93. The maximum Gasteiger partial charge on any atom is 0.416 e. The maximum atomic E-state index is 13.8. The Hall–Kier alpha value is -4.81. The van der Waals surface area contributed by atoms with Crippen LogP contribution in [0.4, 0.5) is 27.6 Å². The van der Waals surface area contributed by atoms with Crippen molar-refractivity contribution < 1.29 is 41.4 Å². The molecule has 4 aromatic rings. The molecule has 0 saturated heterocycles. The van der Waals surface area contributed by atoms with Crippen molar-refractivity contribution >= 4 is 17.5 Å². The molecule has 5 rings (SSSR count). The summed E-state index contributed by atoms with van der Waals surface area (Å²) in [5.41, 5.74) is 2.62. The average Bonchev–Trinajstić information content (AvgIpc) is 3.08. The highest BCUT2D eigenvalue weighted by atomic mass is 19.4. The number of nitrogens with one attached hydrogen (secondary N) is 1. The number of aliphatic hydroxyl groups excluding tert-OH is 1. The van der Waals surface area contributed by atoms with Gasteiger partial charge >= 0.3 is 6.18 Å². The van der Waals surface area contributed by atoms with Gasteiger partial charge in [0.15, 0.2) is 17.4 Å². The van der Waals surface area contributed by atoms with Crippen molar-refractivity contribution in [2.75, 3.05) is 32.1 Å². The minimum atomic E-state index is -4.49. The number of carbonyl (C=O) groups excluding carboxylic acids is 2. The number of nitrogens with zero attached hydrogens (tertiary/aromatic N) is 2. The number of halogens is 5. The SMILES string of the molecule is C[C@@H]1CN([C@@H](C)CO)C(=O)c2cccc(NC(=O)Cc3ccc(C(F)(F)F)cc3)c2O[C@@H]1CN(C)Cc1ccc(Cc2ccc(F)c(F)c2)cc1. The van der Waals surface area contributed by atoms with Crippen molar-refractivity contribution in [2.45, 2.75) is 51.6 Å². The number of para-hydroxylation sites is 1. The molecule has 1 heterocycles. The Kier molecular flexibility index (Phi) is 11.8. The number of amides is 2. The number of hydrogen-bond acceptors (Lipinski definition) is 5. The number of hydrogen-bond donors (Lipinski definition) is 2. The number of carbonyl (C=O) groups is 2. The molecule has 0 bridgehead atoms. The molecule has 0 unspecified atom stereocenters. The second kappa shape index (κ2) is 16.0. The first-order valence-electron chi connectivity index (χ1n) is 16.6. The van der Waals surface area contributed by atoms with E-state index in [0.717, 1.165) is 29.3 Å². The van der Waals surface area contributed by atoms with Crippen LogP contribution in [0.15, 0.2) is 84.9 Å². The van der Waals surface area contributed by atoms with Crippen molar-refractivity contribution in [2.24, 2.45) is 5.92 Å². The maximum absolute atomic E-state index is 13.8. The number of anilines is 1. The van der Waals surface area contributed by atoms with E-state index < -0.39 is 41.4 Å². The highest BCUT2D eigenvalue weighted by molar-refractivity contribution is 6.02. The summed E-state index contributed by atoms with van der Waals surface area (Å²) < 4.78 is 72.6. The third-order valence-electron chi connectivity index (χ3n) is 8.97. The molecule has 4 aromatic carbocycles. The number of benzene rings is 4. The zero-order valence-electron chi connectivity index (χ0n) is 28.5. The number of alkyl halides is 3. The van der Waals surface area contributed by atoms with E-state index in [2.05, 4.69) is 10.2 Å². The van der Waals surface area contributed by atoms with Crippen LogP contribution < -0.4 is 10.1 Å². The largest absolute Gasteiger partial charge is 0.486 e. The fraction of sp³-hybridized carbons (Fsp3) is 0.333. The van der Waals surface area contributed by atoms with Gasteiger partial charge in [-0.15, -0.1) is 0 Å². The van der Waals surface area contributed by atoms with Crippen molar-refractivity contribution in [1.82, 2.24) is 9.80 Å². The Morgan fingerprint density at radius 1 is 0.961 bits per heavy atom. The minimum absolute atomic E-state index is 0.171. The first-order valence-corrected chi connectivity index (χ1v) is 16.6. The normalized spacial score (nSPS) is 17.0. The third-order valence-corrected chi connectivity index (χ3v) is 8.97. The molecule has 2 amide bonds. The molecule has 12 heteroatoms. The molecule has 2 N–H and O–H groups in total. The standard InChI is InChI=1S/C39H40F5N3O4/c1-24-20-47(25(2)23-48)38(50)31-5-4-6-34(45-36(49)19-27-11-14-30(15-12-27)39(42,43)44)37(31)51-35(24)22-46(3)21-28-9-7-26(8-10-28)17-29-13-16-32(40)33(41)18-29/h4-16,18,24-25,35,48H,17,19-23H2,1-3H3,(H,45,49)/t24-,25+,35-/m1/s1. The Morgan fingerprint density at radius 3 is 2.25 bits per heavy atom. The van der Waals surface area contributed by atoms with Crippen LogP contribution in [0.3, 0.4) is 0 Å². The van der Waals surface area contributed by atoms with Crippen LogP contribution in [0, 0.1) is 17.6 Å². The summed E-state index contributed by atoms with van der Waals surface area (Å²) in [4.78, 5) is 30.6. The number of ether oxygens (including phenoxy) is 1. The van der Waals surface area contributed by atoms with Gasteiger partial charge in [-0.1, -0.05) is 55.5 Å². The Bertz CT molecular complexity index is 1830. The van der Waals surface area contributed by atoms with Gasteiger partial charge in [0.1, 0.15) is 6.10 Å². The smallest absolute Gasteiger partial charge is 0.416 e. The fourth-order valence-corrected chi connectivity index (χ4v) is 6.08. The van der Waals surface area contributed by atoms with E-state index in [1.165, 1.54) is 18.2 Å². The second-order valence-electron chi connectivity index (χ2n) is 13.2. The van der Waals surface area contributed by atoms with E-state index >= 15 is 0 Å². The van der Waals surface area contributed by atoms with Crippen molar-refractivity contribution in [1.29, 1.82) is 0 Å². The predicted molar refractivity (Wildman–Crippen MR) is 183 cm³/mol. The van der Waals surface area contributed by atoms with Crippen LogP contribution in [0.25, 0.3) is 0 Å². The van der Waals surface area contributed by atoms with Gasteiger partial charge in [-0.3, -0.25) is 14.5 Å². The van der Waals surface area contributed by atoms with E-state index in [9.17, 15) is 36.6 Å². The predicted octanol–water partition coefficient (Wildman–Crippen LogP) is 7.11. The highest BCUT2D eigenvalue weighted by Crippen LogP contribution is 2.35. The van der Waals surface area contributed by atoms with Crippen LogP contribution in [-0.2, 0) is 30.4 Å². The molecule has 51 heavy (non-hydrogen) atoms. The molecule has 0 saturated carbocycles. The summed E-state index contributed by atoms with van der Waals surface area (Å²) in [6, 6.07) is 20.3. The van der Waals surface area contributed by atoms with Gasteiger partial charge in [0.2, 0.25) is 5.91 Å². The lowest BCUT2D eigenvalue weighted by Crippen LogP contribution is -2.49. The lowest BCUT2D eigenvalue weighted by molar-refractivity contribution is -0.137. The van der Waals surface area contributed by atoms with Gasteiger partial charge in [-0.2, -0.15) is 13.2 Å². The highest BCUT2D eigenvalue weighted by Gasteiger charge is 2.35. The second-order valence-corrected chi connectivity index (χ2v) is 13.2. The average molecular weight is 710 g/mol. The summed E-state index contributed by atoms with van der Waals surface area (Å²) in [5.74, 6) is -2.67. The monoisotopic (exact) mass is 709 g/mol. The van der Waals surface area contributed by atoms with E-state index in [-0.39, 0.29) is 41.9 Å². The van der Waals surface area contributed by atoms with Gasteiger partial charge < -0.3 is 20.1 Å². The molecule has 1 aliphatic rings. The zero-order chi connectivity index (χ0) is 36.9. The van der Waals surface area contributed by atoms with Gasteiger partial charge in [0, 0.05) is 25.6 Å². The van der Waals surface area contributed by atoms with Crippen LogP contribution in [0.5, 0.6) is 5.75 Å². The van der Waals surface area contributed by atoms with Crippen LogP contribution in [0.1, 0.15) is 52.0 Å². The molecule has 0 spiro atoms. The summed E-state index contributed by atoms with van der Waals surface area (Å²) in [6.07, 6.45) is -4.71. The van der Waals surface area contributed by atoms with Gasteiger partial charge in [0.25, 0.3) is 5.91 Å². The van der Waals surface area contributed by atoms with E-state index in [0.29, 0.717) is 37.2 Å². The Labute approximate surface area is 293 Å². The first kappa shape index (κ1) is 37.4. The molecular formula is C39H40F5N3O4. The molecule has 0 fully saturated rings. The summed E-state index contributed by atoms with van der Waals surface area (Å²) >= 11 is 0. The van der Waals surface area contributed by atoms with Gasteiger partial charge in [-0.25, -0.2) is 8.78 Å². The first-order chi connectivity index (χ1) is 24.2. The molecular weight excluding hydrogens is 669 g/mol. The molecule has 1 aliphatic heterocycles. The van der Waals surface area contributed by atoms with Crippen molar-refractivity contribution in [3.05, 3.63) is 130 Å². The number of likely N-dealkylation sites (N-methyl/N-ethyl adjacent to an activating group) is 1. The summed E-state index contributed by atoms with van der Waals surface area (Å²) in [5, 5.41) is 12.8. The van der Waals surface area contributed by atoms with Crippen LogP contribution >= 0.6 is 0 Å². The Balaban J connectivity index is 1.33. The zero-order valence-corrected chi connectivity index (χ0v) is 28.5. The molecule has 0 radical (unpaired) electrons. The molecule has 270 valence electrons. The lowest BCUT2D eigenvalue weighted by atomic mass is 9.98. The molecule has 0 aliphatic carbocycles. The van der Waals surface area contributed by atoms with E-state index in [1.807, 2.05) is 38.2 Å². The third kappa shape index (κ3) is 9.50. The number of fused-ring (bicyclic) bond motifs is 1. The lowest BCUT2D eigenvalue weighted by Gasteiger charge is -2.38. The topological polar surface area (TPSA) is 82.1 Å². The van der Waals surface area contributed by atoms with Gasteiger partial charge in [0.05, 0.1) is 35.9 Å². The fourth-order valence-electron chi connectivity index (χ4n) is 6.08. The van der Waals surface area contributed by atoms with Gasteiger partial charge in [-0.05, 0) is 79.0 Å². The van der Waals surface area contributed by atoms with Crippen LogP contribution in [-0.4, -0.2) is 65.6 Å². The number of aliphatic hydroxyl groups is 1. The minimum Gasteiger partial charge on any atom is -0.486 e. The molecule has 7 nitrogen and oxygen atoms in total. The molecule has 0 aromatic heterocycles. The van der Waals surface area contributed by atoms with Crippen molar-refractivity contribution in [3.63, 3.8) is 0 Å². The quantitative estimate of drug-likeness (QED) is 0.162. The van der Waals surface area contributed by atoms with Crippen molar-refractivity contribution in [3.8, 4) is 5.75 Å². The van der Waals surface area contributed by atoms with E-state index in [1.54, 1.807) is 36.1 Å². The molecule has 3 atom stereocenters. The van der Waals surface area contributed by atoms with E-state index in [4.69, 9.17) is 4.74 Å². The van der Waals surface area contributed by atoms with Crippen LogP contribution in [0.2, 0.25) is 0 Å². The Morgan fingerprint density at radius 2 is 1.61 bits per heavy atom.